The predicted molar refractivity (Wildman–Crippen MR) is 73.8 cm³/mol. The van der Waals surface area contributed by atoms with E-state index in [4.69, 9.17) is 0 Å². The van der Waals surface area contributed by atoms with Crippen LogP contribution in [0.25, 0.3) is 0 Å². The number of sulfonamides is 1. The van der Waals surface area contributed by atoms with Crippen molar-refractivity contribution in [2.24, 2.45) is 0 Å². The average Bonchev–Trinajstić information content (AvgIpc) is 2.55. The zero-order valence-electron chi connectivity index (χ0n) is 9.49. The van der Waals surface area contributed by atoms with Gasteiger partial charge in [0, 0.05) is 10.5 Å². The molecule has 96 valence electrons. The maximum atomic E-state index is 12.2. The van der Waals surface area contributed by atoms with Crippen LogP contribution >= 0.6 is 27.3 Å². The Balaban J connectivity index is 2.09. The Kier molecular flexibility index (Phi) is 4.63. The fourth-order valence-electron chi connectivity index (χ4n) is 2.14. The summed E-state index contributed by atoms with van der Waals surface area (Å²) >= 11 is 4.53. The number of halogens is 1. The molecule has 2 rings (SSSR count). The zero-order valence-corrected chi connectivity index (χ0v) is 12.7. The third kappa shape index (κ3) is 3.53. The molecule has 1 aromatic heterocycles. The third-order valence-corrected chi connectivity index (χ3v) is 7.20. The van der Waals surface area contributed by atoms with Crippen LogP contribution in [-0.2, 0) is 10.0 Å². The average molecular weight is 338 g/mol. The second-order valence-corrected chi connectivity index (χ2v) is 8.05. The fourth-order valence-corrected chi connectivity index (χ4v) is 5.80. The van der Waals surface area contributed by atoms with E-state index in [0.717, 1.165) is 25.7 Å². The summed E-state index contributed by atoms with van der Waals surface area (Å²) in [6, 6.07) is 1.88. The Hall–Kier alpha value is 0.0900. The highest BCUT2D eigenvalue weighted by Gasteiger charge is 2.23. The van der Waals surface area contributed by atoms with Crippen molar-refractivity contribution in [2.45, 2.75) is 48.8 Å². The van der Waals surface area contributed by atoms with Gasteiger partial charge in [0.05, 0.1) is 0 Å². The van der Waals surface area contributed by atoms with E-state index in [1.165, 1.54) is 24.2 Å². The molecule has 1 aliphatic carbocycles. The number of rotatable bonds is 3. The monoisotopic (exact) mass is 337 g/mol. The molecule has 0 unspecified atom stereocenters. The van der Waals surface area contributed by atoms with Crippen molar-refractivity contribution in [1.29, 1.82) is 0 Å². The van der Waals surface area contributed by atoms with Crippen molar-refractivity contribution < 1.29 is 8.42 Å². The fraction of sp³-hybridized carbons (Fsp3) is 0.636. The van der Waals surface area contributed by atoms with E-state index >= 15 is 0 Å². The Morgan fingerprint density at radius 2 is 1.88 bits per heavy atom. The van der Waals surface area contributed by atoms with Crippen LogP contribution in [-0.4, -0.2) is 14.5 Å². The summed E-state index contributed by atoms with van der Waals surface area (Å²) in [6.45, 7) is 0. The Morgan fingerprint density at radius 1 is 1.24 bits per heavy atom. The minimum Gasteiger partial charge on any atom is -0.207 e. The summed E-state index contributed by atoms with van der Waals surface area (Å²) in [4.78, 5) is 0. The van der Waals surface area contributed by atoms with Crippen molar-refractivity contribution in [3.8, 4) is 0 Å². The van der Waals surface area contributed by atoms with Crippen LogP contribution in [0.1, 0.15) is 38.5 Å². The second kappa shape index (κ2) is 5.82. The van der Waals surface area contributed by atoms with E-state index in [-0.39, 0.29) is 6.04 Å². The molecule has 0 saturated heterocycles. The highest BCUT2D eigenvalue weighted by Crippen LogP contribution is 2.28. The first-order valence-electron chi connectivity index (χ1n) is 5.85. The van der Waals surface area contributed by atoms with E-state index in [1.54, 1.807) is 11.4 Å². The van der Waals surface area contributed by atoms with E-state index in [9.17, 15) is 8.42 Å². The van der Waals surface area contributed by atoms with Gasteiger partial charge in [-0.3, -0.25) is 0 Å². The van der Waals surface area contributed by atoms with Gasteiger partial charge < -0.3 is 0 Å². The maximum Gasteiger partial charge on any atom is 0.251 e. The number of hydrogen-bond acceptors (Lipinski definition) is 3. The summed E-state index contributed by atoms with van der Waals surface area (Å²) in [5.41, 5.74) is 0. The van der Waals surface area contributed by atoms with Gasteiger partial charge in [0.25, 0.3) is 10.0 Å². The predicted octanol–water partition coefficient (Wildman–Crippen LogP) is 3.51. The van der Waals surface area contributed by atoms with Gasteiger partial charge in [-0.05, 0) is 40.2 Å². The summed E-state index contributed by atoms with van der Waals surface area (Å²) < 4.78 is 28.2. The van der Waals surface area contributed by atoms with Crippen molar-refractivity contribution in [1.82, 2.24) is 4.72 Å². The second-order valence-electron chi connectivity index (χ2n) is 4.37. The van der Waals surface area contributed by atoms with Gasteiger partial charge in [-0.2, -0.15) is 0 Å². The van der Waals surface area contributed by atoms with Gasteiger partial charge >= 0.3 is 0 Å². The molecule has 0 aliphatic heterocycles. The van der Waals surface area contributed by atoms with Crippen molar-refractivity contribution in [2.75, 3.05) is 0 Å². The normalized spacial score (nSPS) is 19.1. The molecule has 1 aromatic rings. The first kappa shape index (κ1) is 13.5. The maximum absolute atomic E-state index is 12.2. The van der Waals surface area contributed by atoms with Crippen LogP contribution in [0.5, 0.6) is 0 Å². The van der Waals surface area contributed by atoms with E-state index in [1.807, 2.05) is 0 Å². The topological polar surface area (TPSA) is 46.2 Å². The molecule has 17 heavy (non-hydrogen) atoms. The minimum absolute atomic E-state index is 0.108. The molecule has 3 nitrogen and oxygen atoms in total. The molecule has 6 heteroatoms. The molecule has 1 heterocycles. The lowest BCUT2D eigenvalue weighted by molar-refractivity contribution is 0.511. The van der Waals surface area contributed by atoms with Gasteiger partial charge in [0.15, 0.2) is 0 Å². The van der Waals surface area contributed by atoms with Gasteiger partial charge in [-0.15, -0.1) is 11.3 Å². The summed E-state index contributed by atoms with van der Waals surface area (Å²) in [5, 5.41) is 1.78. The van der Waals surface area contributed by atoms with Crippen LogP contribution in [0.4, 0.5) is 0 Å². The Bertz CT molecular complexity index is 462. The third-order valence-electron chi connectivity index (χ3n) is 3.01. The molecular weight excluding hydrogens is 322 g/mol. The lowest BCUT2D eigenvalue weighted by atomic mass is 10.1. The van der Waals surface area contributed by atoms with Gasteiger partial charge in [-0.1, -0.05) is 25.7 Å². The SMILES string of the molecule is O=S(=O)(NC1CCCCCC1)c1sccc1Br. The van der Waals surface area contributed by atoms with Gasteiger partial charge in [0.2, 0.25) is 0 Å². The van der Waals surface area contributed by atoms with Crippen molar-refractivity contribution in [3.63, 3.8) is 0 Å². The highest BCUT2D eigenvalue weighted by molar-refractivity contribution is 9.10. The van der Waals surface area contributed by atoms with Crippen molar-refractivity contribution >= 4 is 37.3 Å². The minimum atomic E-state index is -3.34. The highest BCUT2D eigenvalue weighted by atomic mass is 79.9. The van der Waals surface area contributed by atoms with Gasteiger partial charge in [0.1, 0.15) is 4.21 Å². The van der Waals surface area contributed by atoms with Gasteiger partial charge in [-0.25, -0.2) is 13.1 Å². The number of thiophene rings is 1. The molecule has 1 saturated carbocycles. The van der Waals surface area contributed by atoms with Crippen LogP contribution in [0, 0.1) is 0 Å². The molecule has 1 aliphatic rings. The molecule has 0 radical (unpaired) electrons. The first-order chi connectivity index (χ1) is 8.09. The summed E-state index contributed by atoms with van der Waals surface area (Å²) in [5.74, 6) is 0. The molecular formula is C11H16BrNO2S2. The lowest BCUT2D eigenvalue weighted by Crippen LogP contribution is -2.34. The van der Waals surface area contributed by atoms with Crippen LogP contribution in [0.3, 0.4) is 0 Å². The van der Waals surface area contributed by atoms with E-state index in [0.29, 0.717) is 8.68 Å². The van der Waals surface area contributed by atoms with Crippen molar-refractivity contribution in [3.05, 3.63) is 15.9 Å². The summed E-state index contributed by atoms with van der Waals surface area (Å²) in [6.07, 6.45) is 6.61. The van der Waals surface area contributed by atoms with Crippen LogP contribution in [0.2, 0.25) is 0 Å². The zero-order chi connectivity index (χ0) is 12.3. The molecule has 0 aromatic carbocycles. The van der Waals surface area contributed by atoms with Crippen LogP contribution in [0.15, 0.2) is 20.1 Å². The van der Waals surface area contributed by atoms with Crippen LogP contribution < -0.4 is 4.72 Å². The quantitative estimate of drug-likeness (QED) is 0.858. The Labute approximate surface area is 115 Å². The summed E-state index contributed by atoms with van der Waals surface area (Å²) in [7, 11) is -3.34. The molecule has 1 N–H and O–H groups in total. The molecule has 0 bridgehead atoms. The standard InChI is InChI=1S/C11H16BrNO2S2/c12-10-7-8-16-11(10)17(14,15)13-9-5-3-1-2-4-6-9/h7-9,13H,1-6H2. The smallest absolute Gasteiger partial charge is 0.207 e. The Morgan fingerprint density at radius 3 is 2.41 bits per heavy atom. The van der Waals surface area contributed by atoms with E-state index < -0.39 is 10.0 Å². The number of hydrogen-bond donors (Lipinski definition) is 1. The first-order valence-corrected chi connectivity index (χ1v) is 9.00. The molecule has 0 amide bonds. The molecule has 0 atom stereocenters. The largest absolute Gasteiger partial charge is 0.251 e. The molecule has 0 spiro atoms. The van der Waals surface area contributed by atoms with E-state index in [2.05, 4.69) is 20.7 Å². The lowest BCUT2D eigenvalue weighted by Gasteiger charge is -2.15. The number of nitrogens with one attached hydrogen (secondary N) is 1. The molecule has 1 fully saturated rings.